The van der Waals surface area contributed by atoms with Crippen molar-refractivity contribution in [2.75, 3.05) is 6.54 Å². The van der Waals surface area contributed by atoms with E-state index in [0.29, 0.717) is 13.0 Å². The maximum Gasteiger partial charge on any atom is 0.222 e. The fraction of sp³-hybridized carbons (Fsp3) is 1.00. The van der Waals surface area contributed by atoms with E-state index in [1.807, 2.05) is 0 Å². The zero-order chi connectivity index (χ0) is 16.5. The molecule has 0 saturated carbocycles. The summed E-state index contributed by atoms with van der Waals surface area (Å²) in [5, 5.41) is 21.5. The molecule has 0 aromatic rings. The molecule has 3 N–H and O–H groups in total. The molecule has 0 fully saturated rings. The quantitative estimate of drug-likeness (QED) is 0.258. The van der Waals surface area contributed by atoms with Crippen molar-refractivity contribution in [3.8, 4) is 0 Å². The molecule has 0 rings (SSSR count). The minimum atomic E-state index is -1.67. The SMILES string of the molecule is CCCCCCCCCCCCCCCCNC(O)(O)CC. The Bertz CT molecular complexity index is 219. The highest BCUT2D eigenvalue weighted by Gasteiger charge is 2.17. The lowest BCUT2D eigenvalue weighted by molar-refractivity contribution is -0.186. The summed E-state index contributed by atoms with van der Waals surface area (Å²) >= 11 is 0. The van der Waals surface area contributed by atoms with Crippen molar-refractivity contribution in [1.29, 1.82) is 0 Å². The molecule has 0 aromatic heterocycles. The highest BCUT2D eigenvalue weighted by Crippen LogP contribution is 2.12. The van der Waals surface area contributed by atoms with Crippen LogP contribution in [0.15, 0.2) is 0 Å². The van der Waals surface area contributed by atoms with Crippen molar-refractivity contribution in [2.24, 2.45) is 0 Å². The highest BCUT2D eigenvalue weighted by atomic mass is 16.5. The van der Waals surface area contributed by atoms with Gasteiger partial charge in [0.15, 0.2) is 0 Å². The normalized spacial score (nSPS) is 12.0. The third kappa shape index (κ3) is 16.3. The Balaban J connectivity index is 3.06. The van der Waals surface area contributed by atoms with Crippen molar-refractivity contribution < 1.29 is 10.2 Å². The second-order valence-electron chi connectivity index (χ2n) is 6.69. The Labute approximate surface area is 138 Å². The lowest BCUT2D eigenvalue weighted by atomic mass is 10.0. The lowest BCUT2D eigenvalue weighted by Crippen LogP contribution is -2.44. The topological polar surface area (TPSA) is 52.5 Å². The van der Waals surface area contributed by atoms with Crippen molar-refractivity contribution in [3.05, 3.63) is 0 Å². The summed E-state index contributed by atoms with van der Waals surface area (Å²) in [5.74, 6) is -1.67. The molecule has 22 heavy (non-hydrogen) atoms. The van der Waals surface area contributed by atoms with Crippen LogP contribution in [0.5, 0.6) is 0 Å². The first-order valence-electron chi connectivity index (χ1n) is 9.82. The summed E-state index contributed by atoms with van der Waals surface area (Å²) in [4.78, 5) is 0. The van der Waals surface area contributed by atoms with Gasteiger partial charge in [0, 0.05) is 13.0 Å². The summed E-state index contributed by atoms with van der Waals surface area (Å²) < 4.78 is 0. The van der Waals surface area contributed by atoms with Gasteiger partial charge in [0.25, 0.3) is 0 Å². The molecule has 0 aliphatic heterocycles. The third-order valence-electron chi connectivity index (χ3n) is 4.43. The molecular weight excluding hydrogens is 274 g/mol. The van der Waals surface area contributed by atoms with E-state index in [1.165, 1.54) is 83.5 Å². The van der Waals surface area contributed by atoms with Gasteiger partial charge in [-0.05, 0) is 6.42 Å². The fourth-order valence-corrected chi connectivity index (χ4v) is 2.73. The zero-order valence-electron chi connectivity index (χ0n) is 15.2. The molecule has 0 spiro atoms. The molecule has 134 valence electrons. The molecule has 0 atom stereocenters. The fourth-order valence-electron chi connectivity index (χ4n) is 2.73. The number of nitrogens with one attached hydrogen (secondary N) is 1. The Morgan fingerprint density at radius 1 is 0.591 bits per heavy atom. The van der Waals surface area contributed by atoms with Crippen LogP contribution < -0.4 is 5.32 Å². The predicted octanol–water partition coefficient (Wildman–Crippen LogP) is 5.11. The van der Waals surface area contributed by atoms with Crippen LogP contribution in [0.3, 0.4) is 0 Å². The largest absolute Gasteiger partial charge is 0.353 e. The zero-order valence-corrected chi connectivity index (χ0v) is 15.2. The molecule has 0 radical (unpaired) electrons. The first-order chi connectivity index (χ1) is 10.6. The van der Waals surface area contributed by atoms with Crippen LogP contribution in [0.25, 0.3) is 0 Å². The smallest absolute Gasteiger partial charge is 0.222 e. The van der Waals surface area contributed by atoms with Gasteiger partial charge in [0.05, 0.1) is 0 Å². The highest BCUT2D eigenvalue weighted by molar-refractivity contribution is 4.59. The van der Waals surface area contributed by atoms with Gasteiger partial charge in [-0.25, -0.2) is 0 Å². The van der Waals surface area contributed by atoms with E-state index in [0.717, 1.165) is 6.42 Å². The number of rotatable bonds is 17. The van der Waals surface area contributed by atoms with Gasteiger partial charge in [-0.15, -0.1) is 0 Å². The average molecular weight is 316 g/mol. The van der Waals surface area contributed by atoms with Gasteiger partial charge < -0.3 is 10.2 Å². The van der Waals surface area contributed by atoms with E-state index in [4.69, 9.17) is 0 Å². The van der Waals surface area contributed by atoms with Crippen molar-refractivity contribution in [2.45, 2.75) is 116 Å². The van der Waals surface area contributed by atoms with E-state index in [2.05, 4.69) is 12.2 Å². The molecule has 3 heteroatoms. The van der Waals surface area contributed by atoms with E-state index in [1.54, 1.807) is 6.92 Å². The number of hydrogen-bond donors (Lipinski definition) is 3. The molecule has 0 aromatic carbocycles. The van der Waals surface area contributed by atoms with Crippen LogP contribution in [0.4, 0.5) is 0 Å². The van der Waals surface area contributed by atoms with Crippen LogP contribution in [-0.2, 0) is 0 Å². The molecule has 0 aliphatic rings. The van der Waals surface area contributed by atoms with Crippen molar-refractivity contribution >= 4 is 0 Å². The van der Waals surface area contributed by atoms with Crippen molar-refractivity contribution in [1.82, 2.24) is 5.32 Å². The van der Waals surface area contributed by atoms with Gasteiger partial charge >= 0.3 is 0 Å². The summed E-state index contributed by atoms with van der Waals surface area (Å²) in [6.45, 7) is 4.73. The average Bonchev–Trinajstić information content (AvgIpc) is 2.51. The summed E-state index contributed by atoms with van der Waals surface area (Å²) in [6, 6.07) is 0. The maximum absolute atomic E-state index is 9.37. The van der Waals surface area contributed by atoms with E-state index < -0.39 is 5.91 Å². The second-order valence-corrected chi connectivity index (χ2v) is 6.69. The van der Waals surface area contributed by atoms with E-state index in [-0.39, 0.29) is 0 Å². The van der Waals surface area contributed by atoms with Gasteiger partial charge in [-0.2, -0.15) is 0 Å². The Kier molecular flexibility index (Phi) is 15.7. The van der Waals surface area contributed by atoms with Crippen LogP contribution in [0.2, 0.25) is 0 Å². The summed E-state index contributed by atoms with van der Waals surface area (Å²) in [7, 11) is 0. The lowest BCUT2D eigenvalue weighted by Gasteiger charge is -2.20. The molecule has 0 unspecified atom stereocenters. The number of unbranched alkanes of at least 4 members (excludes halogenated alkanes) is 13. The predicted molar refractivity (Wildman–Crippen MR) is 95.8 cm³/mol. The second kappa shape index (κ2) is 15.8. The number of hydrogen-bond acceptors (Lipinski definition) is 3. The Morgan fingerprint density at radius 3 is 1.32 bits per heavy atom. The first kappa shape index (κ1) is 21.9. The summed E-state index contributed by atoms with van der Waals surface area (Å²) in [5.41, 5.74) is 0. The van der Waals surface area contributed by atoms with Crippen molar-refractivity contribution in [3.63, 3.8) is 0 Å². The minimum Gasteiger partial charge on any atom is -0.353 e. The van der Waals surface area contributed by atoms with Crippen LogP contribution >= 0.6 is 0 Å². The minimum absolute atomic E-state index is 0.325. The Morgan fingerprint density at radius 2 is 0.955 bits per heavy atom. The van der Waals surface area contributed by atoms with Gasteiger partial charge in [0.1, 0.15) is 0 Å². The maximum atomic E-state index is 9.37. The Hall–Kier alpha value is -0.120. The molecule has 0 saturated heterocycles. The number of aliphatic hydroxyl groups is 2. The third-order valence-corrected chi connectivity index (χ3v) is 4.43. The van der Waals surface area contributed by atoms with Gasteiger partial charge in [-0.3, -0.25) is 5.32 Å². The van der Waals surface area contributed by atoms with Crippen LogP contribution in [0.1, 0.15) is 110 Å². The van der Waals surface area contributed by atoms with Crippen LogP contribution in [0, 0.1) is 0 Å². The molecule has 0 bridgehead atoms. The van der Waals surface area contributed by atoms with Crippen LogP contribution in [-0.4, -0.2) is 22.7 Å². The standard InChI is InChI=1S/C19H41NO2/c1-3-5-6-7-8-9-10-11-12-13-14-15-16-17-18-20-19(21,22)4-2/h20-22H,3-18H2,1-2H3. The summed E-state index contributed by atoms with van der Waals surface area (Å²) in [6.07, 6.45) is 19.2. The first-order valence-corrected chi connectivity index (χ1v) is 9.82. The van der Waals surface area contributed by atoms with E-state index in [9.17, 15) is 10.2 Å². The molecule has 3 nitrogen and oxygen atoms in total. The van der Waals surface area contributed by atoms with E-state index >= 15 is 0 Å². The molecular formula is C19H41NO2. The molecule has 0 amide bonds. The van der Waals surface area contributed by atoms with Gasteiger partial charge in [0.2, 0.25) is 5.91 Å². The molecule has 0 heterocycles. The monoisotopic (exact) mass is 315 g/mol. The molecule has 0 aliphatic carbocycles. The van der Waals surface area contributed by atoms with Gasteiger partial charge in [-0.1, -0.05) is 97.3 Å².